The third kappa shape index (κ3) is 5.88. The molecule has 1 aliphatic heterocycles. The third-order valence-corrected chi connectivity index (χ3v) is 6.72. The van der Waals surface area contributed by atoms with Gasteiger partial charge in [-0.05, 0) is 61.0 Å². The predicted molar refractivity (Wildman–Crippen MR) is 158 cm³/mol. The van der Waals surface area contributed by atoms with E-state index in [1.54, 1.807) is 103 Å². The highest BCUT2D eigenvalue weighted by molar-refractivity contribution is 6.46. The lowest BCUT2D eigenvalue weighted by atomic mass is 10.0. The van der Waals surface area contributed by atoms with E-state index in [0.717, 1.165) is 15.4 Å². The van der Waals surface area contributed by atoms with Crippen LogP contribution >= 0.6 is 11.6 Å². The van der Waals surface area contributed by atoms with Gasteiger partial charge in [0.25, 0.3) is 17.7 Å². The number of anilines is 3. The van der Waals surface area contributed by atoms with E-state index in [1.807, 2.05) is 6.92 Å². The molecular weight excluding hydrogens is 542 g/mol. The molecule has 204 valence electrons. The van der Waals surface area contributed by atoms with Crippen LogP contribution in [-0.4, -0.2) is 30.4 Å². The summed E-state index contributed by atoms with van der Waals surface area (Å²) in [5.41, 5.74) is 2.18. The van der Waals surface area contributed by atoms with E-state index in [4.69, 9.17) is 16.3 Å². The number of nitrogens with one attached hydrogen (secondary N) is 1. The molecule has 4 aromatic carbocycles. The molecule has 0 unspecified atom stereocenters. The Bertz CT molecular complexity index is 1610. The number of hydrogen-bond acceptors (Lipinski definition) is 5. The molecule has 1 saturated heterocycles. The van der Waals surface area contributed by atoms with Crippen molar-refractivity contribution in [1.29, 1.82) is 0 Å². The van der Waals surface area contributed by atoms with Crippen LogP contribution in [0.25, 0.3) is 6.08 Å². The summed E-state index contributed by atoms with van der Waals surface area (Å²) in [4.78, 5) is 55.2. The number of para-hydroxylation sites is 3. The number of nitrogens with zero attached hydrogens (tertiary/aromatic N) is 2. The van der Waals surface area contributed by atoms with Crippen molar-refractivity contribution in [2.24, 2.45) is 0 Å². The van der Waals surface area contributed by atoms with Crippen molar-refractivity contribution in [3.8, 4) is 5.75 Å². The monoisotopic (exact) mass is 565 g/mol. The van der Waals surface area contributed by atoms with Crippen molar-refractivity contribution in [2.45, 2.75) is 6.92 Å². The van der Waals surface area contributed by atoms with E-state index in [9.17, 15) is 19.2 Å². The molecule has 0 atom stereocenters. The fourth-order valence-electron chi connectivity index (χ4n) is 4.24. The van der Waals surface area contributed by atoms with Crippen LogP contribution in [0.4, 0.5) is 21.9 Å². The van der Waals surface area contributed by atoms with Crippen molar-refractivity contribution in [3.05, 3.63) is 125 Å². The fraction of sp³-hybridized carbons (Fsp3) is 0.0625. The van der Waals surface area contributed by atoms with E-state index >= 15 is 0 Å². The zero-order chi connectivity index (χ0) is 28.9. The second-order valence-electron chi connectivity index (χ2n) is 9.13. The summed E-state index contributed by atoms with van der Waals surface area (Å²) < 4.78 is 5.77. The number of imide groups is 2. The Morgan fingerprint density at radius 2 is 1.37 bits per heavy atom. The van der Waals surface area contributed by atoms with Gasteiger partial charge in [-0.15, -0.1) is 0 Å². The number of halogens is 1. The second-order valence-corrected chi connectivity index (χ2v) is 9.54. The normalized spacial score (nSPS) is 13.3. The lowest BCUT2D eigenvalue weighted by Gasteiger charge is -2.34. The number of rotatable bonds is 7. The van der Waals surface area contributed by atoms with Crippen molar-refractivity contribution in [2.75, 3.05) is 21.7 Å². The van der Waals surface area contributed by atoms with Gasteiger partial charge < -0.3 is 10.1 Å². The molecule has 1 N–H and O–H groups in total. The number of hydrogen-bond donors (Lipinski definition) is 1. The van der Waals surface area contributed by atoms with E-state index in [-0.39, 0.29) is 17.9 Å². The van der Waals surface area contributed by atoms with Crippen LogP contribution in [0.2, 0.25) is 5.02 Å². The molecule has 1 heterocycles. The molecule has 1 fully saturated rings. The Kier molecular flexibility index (Phi) is 7.94. The van der Waals surface area contributed by atoms with Gasteiger partial charge in [0.1, 0.15) is 11.3 Å². The Morgan fingerprint density at radius 3 is 1.95 bits per heavy atom. The van der Waals surface area contributed by atoms with Gasteiger partial charge in [-0.1, -0.05) is 72.3 Å². The first-order chi connectivity index (χ1) is 19.8. The first-order valence-corrected chi connectivity index (χ1v) is 13.0. The number of barbiturate groups is 1. The molecule has 9 heteroatoms. The predicted octanol–water partition coefficient (Wildman–Crippen LogP) is 6.25. The van der Waals surface area contributed by atoms with Gasteiger partial charge in [0.15, 0.2) is 6.61 Å². The molecule has 5 amide bonds. The Labute approximate surface area is 241 Å². The molecule has 0 spiro atoms. The average molecular weight is 566 g/mol. The van der Waals surface area contributed by atoms with Gasteiger partial charge in [-0.2, -0.15) is 0 Å². The zero-order valence-electron chi connectivity index (χ0n) is 21.9. The fourth-order valence-corrected chi connectivity index (χ4v) is 4.42. The lowest BCUT2D eigenvalue weighted by Crippen LogP contribution is -2.57. The molecule has 0 radical (unpaired) electrons. The summed E-state index contributed by atoms with van der Waals surface area (Å²) in [5.74, 6) is -1.70. The maximum Gasteiger partial charge on any atom is 0.343 e. The third-order valence-electron chi connectivity index (χ3n) is 6.31. The van der Waals surface area contributed by atoms with Crippen molar-refractivity contribution >= 4 is 58.5 Å². The molecular formula is C32H24ClN3O5. The minimum atomic E-state index is -0.785. The van der Waals surface area contributed by atoms with Gasteiger partial charge in [0.05, 0.1) is 11.4 Å². The summed E-state index contributed by atoms with van der Waals surface area (Å²) in [6.07, 6.45) is 1.37. The van der Waals surface area contributed by atoms with Crippen LogP contribution in [0.5, 0.6) is 5.75 Å². The van der Waals surface area contributed by atoms with Gasteiger partial charge in [0.2, 0.25) is 0 Å². The first kappa shape index (κ1) is 27.4. The van der Waals surface area contributed by atoms with Crippen molar-refractivity contribution < 1.29 is 23.9 Å². The van der Waals surface area contributed by atoms with Crippen LogP contribution < -0.4 is 19.9 Å². The molecule has 1 aliphatic rings. The quantitative estimate of drug-likeness (QED) is 0.211. The maximum atomic E-state index is 13.6. The maximum absolute atomic E-state index is 13.6. The smallest absolute Gasteiger partial charge is 0.343 e. The average Bonchev–Trinajstić information content (AvgIpc) is 2.98. The molecule has 41 heavy (non-hydrogen) atoms. The number of ether oxygens (including phenoxy) is 1. The summed E-state index contributed by atoms with van der Waals surface area (Å²) in [5, 5.41) is 3.25. The van der Waals surface area contributed by atoms with E-state index in [0.29, 0.717) is 27.6 Å². The minimum Gasteiger partial charge on any atom is -0.483 e. The Morgan fingerprint density at radius 1 is 0.805 bits per heavy atom. The highest BCUT2D eigenvalue weighted by atomic mass is 35.5. The summed E-state index contributed by atoms with van der Waals surface area (Å²) >= 11 is 6.14. The Hall–Kier alpha value is -5.21. The van der Waals surface area contributed by atoms with Crippen LogP contribution in [0.1, 0.15) is 11.1 Å². The SMILES string of the molecule is Cc1ccc(NC(=O)COc2ccccc2C=C2C(=O)N(c3ccccc3)C(=O)N(c3ccccc3)C2=O)cc1Cl. The molecule has 5 rings (SSSR count). The van der Waals surface area contributed by atoms with Gasteiger partial charge >= 0.3 is 6.03 Å². The van der Waals surface area contributed by atoms with E-state index in [1.165, 1.54) is 6.08 Å². The highest BCUT2D eigenvalue weighted by Crippen LogP contribution is 2.31. The van der Waals surface area contributed by atoms with E-state index in [2.05, 4.69) is 5.32 Å². The van der Waals surface area contributed by atoms with E-state index < -0.39 is 23.8 Å². The molecule has 4 aromatic rings. The number of carbonyl (C=O) groups excluding carboxylic acids is 4. The first-order valence-electron chi connectivity index (χ1n) is 12.7. The molecule has 0 aliphatic carbocycles. The molecule has 0 saturated carbocycles. The molecule has 0 bridgehead atoms. The van der Waals surface area contributed by atoms with Gasteiger partial charge in [-0.3, -0.25) is 14.4 Å². The molecule has 8 nitrogen and oxygen atoms in total. The van der Waals surface area contributed by atoms with Crippen molar-refractivity contribution in [3.63, 3.8) is 0 Å². The van der Waals surface area contributed by atoms with Crippen LogP contribution in [0.3, 0.4) is 0 Å². The summed E-state index contributed by atoms with van der Waals surface area (Å²) in [6.45, 7) is 1.52. The number of carbonyl (C=O) groups is 4. The zero-order valence-corrected chi connectivity index (χ0v) is 22.7. The molecule has 0 aromatic heterocycles. The standard InChI is InChI=1S/C32H24ClN3O5/c1-21-16-17-23(19-27(21)33)34-29(37)20-41-28-15-9-8-10-22(28)18-26-30(38)35(24-11-4-2-5-12-24)32(40)36(31(26)39)25-13-6-3-7-14-25/h2-19H,20H2,1H3,(H,34,37). The topological polar surface area (TPSA) is 96.0 Å². The summed E-state index contributed by atoms with van der Waals surface area (Å²) in [7, 11) is 0. The number of amides is 5. The number of aryl methyl sites for hydroxylation is 1. The Balaban J connectivity index is 1.45. The van der Waals surface area contributed by atoms with Crippen LogP contribution in [0.15, 0.2) is 109 Å². The highest BCUT2D eigenvalue weighted by Gasteiger charge is 2.43. The lowest BCUT2D eigenvalue weighted by molar-refractivity contribution is -0.121. The van der Waals surface area contributed by atoms with Crippen LogP contribution in [0, 0.1) is 6.92 Å². The van der Waals surface area contributed by atoms with Crippen molar-refractivity contribution in [1.82, 2.24) is 0 Å². The summed E-state index contributed by atoms with van der Waals surface area (Å²) in [6, 6.07) is 27.8. The second kappa shape index (κ2) is 11.9. The van der Waals surface area contributed by atoms with Gasteiger partial charge in [-0.25, -0.2) is 14.6 Å². The number of urea groups is 1. The number of benzene rings is 4. The minimum absolute atomic E-state index is 0.243. The van der Waals surface area contributed by atoms with Gasteiger partial charge in [0, 0.05) is 16.3 Å². The largest absolute Gasteiger partial charge is 0.483 e. The van der Waals surface area contributed by atoms with Crippen LogP contribution in [-0.2, 0) is 14.4 Å².